The quantitative estimate of drug-likeness (QED) is 0.552. The van der Waals surface area contributed by atoms with Crippen LogP contribution in [0.15, 0.2) is 48.5 Å². The predicted octanol–water partition coefficient (Wildman–Crippen LogP) is 2.97. The Morgan fingerprint density at radius 2 is 1.75 bits per heavy atom. The lowest BCUT2D eigenvalue weighted by molar-refractivity contribution is -0.384. The van der Waals surface area contributed by atoms with Gasteiger partial charge in [-0.25, -0.2) is 4.98 Å². The molecule has 2 aromatic carbocycles. The number of aromatic amines is 1. The highest BCUT2D eigenvalue weighted by molar-refractivity contribution is 5.56. The van der Waals surface area contributed by atoms with Gasteiger partial charge in [-0.3, -0.25) is 15.2 Å². The standard InChI is InChI=1S/C16H14N4O4/c1-23-13-6-8-14(9-7-13)24-10-15-17-16(19-18-15)11-2-4-12(5-3-11)20(21)22/h2-9H,10H2,1H3,(H,17,18,19). The van der Waals surface area contributed by atoms with Crippen LogP contribution in [0.2, 0.25) is 0 Å². The molecule has 0 amide bonds. The molecule has 1 aromatic heterocycles. The zero-order valence-electron chi connectivity index (χ0n) is 12.8. The third-order valence-corrected chi connectivity index (χ3v) is 3.30. The smallest absolute Gasteiger partial charge is 0.269 e. The van der Waals surface area contributed by atoms with E-state index in [0.29, 0.717) is 23.0 Å². The van der Waals surface area contributed by atoms with Gasteiger partial charge in [0, 0.05) is 17.7 Å². The lowest BCUT2D eigenvalue weighted by atomic mass is 10.2. The maximum Gasteiger partial charge on any atom is 0.269 e. The largest absolute Gasteiger partial charge is 0.497 e. The first-order valence-electron chi connectivity index (χ1n) is 7.08. The number of methoxy groups -OCH3 is 1. The molecular formula is C16H14N4O4. The molecule has 0 spiro atoms. The van der Waals surface area contributed by atoms with E-state index in [2.05, 4.69) is 15.2 Å². The van der Waals surface area contributed by atoms with Crippen LogP contribution >= 0.6 is 0 Å². The van der Waals surface area contributed by atoms with E-state index >= 15 is 0 Å². The molecule has 0 radical (unpaired) electrons. The van der Waals surface area contributed by atoms with Crippen molar-refractivity contribution in [1.82, 2.24) is 15.2 Å². The Balaban J connectivity index is 1.65. The van der Waals surface area contributed by atoms with Gasteiger partial charge in [-0.15, -0.1) is 0 Å². The van der Waals surface area contributed by atoms with E-state index in [9.17, 15) is 10.1 Å². The summed E-state index contributed by atoms with van der Waals surface area (Å²) in [6.45, 7) is 0.228. The van der Waals surface area contributed by atoms with Crippen LogP contribution in [0.1, 0.15) is 5.82 Å². The maximum absolute atomic E-state index is 10.7. The van der Waals surface area contributed by atoms with Crippen molar-refractivity contribution in [2.75, 3.05) is 7.11 Å². The van der Waals surface area contributed by atoms with Crippen LogP contribution in [0, 0.1) is 10.1 Å². The number of benzene rings is 2. The number of hydrogen-bond donors (Lipinski definition) is 1. The summed E-state index contributed by atoms with van der Waals surface area (Å²) in [5, 5.41) is 17.5. The van der Waals surface area contributed by atoms with Crippen molar-refractivity contribution in [3.05, 3.63) is 64.5 Å². The first-order valence-corrected chi connectivity index (χ1v) is 7.08. The second kappa shape index (κ2) is 6.78. The normalized spacial score (nSPS) is 10.4. The first kappa shape index (κ1) is 15.5. The van der Waals surface area contributed by atoms with Crippen LogP contribution in [0.5, 0.6) is 11.5 Å². The number of H-pyrrole nitrogens is 1. The van der Waals surface area contributed by atoms with Gasteiger partial charge in [0.15, 0.2) is 11.6 Å². The first-order chi connectivity index (χ1) is 11.7. The predicted molar refractivity (Wildman–Crippen MR) is 85.8 cm³/mol. The molecule has 0 aliphatic carbocycles. The number of nitro groups is 1. The van der Waals surface area contributed by atoms with Crippen LogP contribution in [-0.4, -0.2) is 27.2 Å². The number of nitrogens with zero attached hydrogens (tertiary/aromatic N) is 3. The molecule has 8 nitrogen and oxygen atoms in total. The van der Waals surface area contributed by atoms with E-state index in [-0.39, 0.29) is 12.3 Å². The minimum Gasteiger partial charge on any atom is -0.497 e. The third kappa shape index (κ3) is 3.49. The Labute approximate surface area is 137 Å². The van der Waals surface area contributed by atoms with Gasteiger partial charge in [0.2, 0.25) is 0 Å². The molecule has 0 bridgehead atoms. The van der Waals surface area contributed by atoms with E-state index in [1.165, 1.54) is 12.1 Å². The minimum absolute atomic E-state index is 0.0253. The topological polar surface area (TPSA) is 103 Å². The Bertz CT molecular complexity index is 828. The van der Waals surface area contributed by atoms with Gasteiger partial charge in [0.25, 0.3) is 5.69 Å². The van der Waals surface area contributed by atoms with Crippen LogP contribution < -0.4 is 9.47 Å². The van der Waals surface area contributed by atoms with Crippen molar-refractivity contribution in [3.8, 4) is 22.9 Å². The van der Waals surface area contributed by atoms with E-state index in [0.717, 1.165) is 5.75 Å². The second-order valence-electron chi connectivity index (χ2n) is 4.87. The second-order valence-corrected chi connectivity index (χ2v) is 4.87. The van der Waals surface area contributed by atoms with Gasteiger partial charge < -0.3 is 9.47 Å². The molecule has 0 aliphatic heterocycles. The number of rotatable bonds is 6. The van der Waals surface area contributed by atoms with E-state index in [1.54, 1.807) is 43.5 Å². The number of nitro benzene ring substituents is 1. The Morgan fingerprint density at radius 1 is 1.08 bits per heavy atom. The van der Waals surface area contributed by atoms with Crippen molar-refractivity contribution < 1.29 is 14.4 Å². The highest BCUT2D eigenvalue weighted by atomic mass is 16.6. The molecule has 8 heteroatoms. The van der Waals surface area contributed by atoms with Crippen LogP contribution in [-0.2, 0) is 6.61 Å². The van der Waals surface area contributed by atoms with Crippen molar-refractivity contribution in [2.45, 2.75) is 6.61 Å². The SMILES string of the molecule is COc1ccc(OCc2nc(-c3ccc([N+](=O)[O-])cc3)n[nH]2)cc1. The molecule has 0 saturated heterocycles. The molecule has 0 atom stereocenters. The van der Waals surface area contributed by atoms with Gasteiger partial charge in [0.1, 0.15) is 18.1 Å². The van der Waals surface area contributed by atoms with Gasteiger partial charge in [-0.05, 0) is 36.4 Å². The zero-order chi connectivity index (χ0) is 16.9. The summed E-state index contributed by atoms with van der Waals surface area (Å²) in [4.78, 5) is 14.5. The van der Waals surface area contributed by atoms with Crippen LogP contribution in [0.3, 0.4) is 0 Å². The summed E-state index contributed by atoms with van der Waals surface area (Å²) >= 11 is 0. The fraction of sp³-hybridized carbons (Fsp3) is 0.125. The molecule has 0 fully saturated rings. The number of aromatic nitrogens is 3. The Kier molecular flexibility index (Phi) is 4.37. The van der Waals surface area contributed by atoms with Crippen molar-refractivity contribution >= 4 is 5.69 Å². The monoisotopic (exact) mass is 326 g/mol. The highest BCUT2D eigenvalue weighted by Crippen LogP contribution is 2.20. The lowest BCUT2D eigenvalue weighted by Gasteiger charge is -2.04. The Hall–Kier alpha value is -3.42. The third-order valence-electron chi connectivity index (χ3n) is 3.30. The highest BCUT2D eigenvalue weighted by Gasteiger charge is 2.09. The summed E-state index contributed by atoms with van der Waals surface area (Å²) in [7, 11) is 1.60. The van der Waals surface area contributed by atoms with Crippen LogP contribution in [0.4, 0.5) is 5.69 Å². The molecule has 122 valence electrons. The summed E-state index contributed by atoms with van der Waals surface area (Å²) in [6, 6.07) is 13.2. The number of ether oxygens (including phenoxy) is 2. The van der Waals surface area contributed by atoms with E-state index in [4.69, 9.17) is 9.47 Å². The van der Waals surface area contributed by atoms with Gasteiger partial charge >= 0.3 is 0 Å². The lowest BCUT2D eigenvalue weighted by Crippen LogP contribution is -1.97. The fourth-order valence-electron chi connectivity index (χ4n) is 2.04. The molecule has 0 unspecified atom stereocenters. The van der Waals surface area contributed by atoms with Crippen LogP contribution in [0.25, 0.3) is 11.4 Å². The summed E-state index contributed by atoms with van der Waals surface area (Å²) in [6.07, 6.45) is 0. The molecule has 0 saturated carbocycles. The minimum atomic E-state index is -0.449. The summed E-state index contributed by atoms with van der Waals surface area (Å²) in [5.74, 6) is 2.45. The summed E-state index contributed by atoms with van der Waals surface area (Å²) in [5.41, 5.74) is 0.713. The van der Waals surface area contributed by atoms with Crippen molar-refractivity contribution in [1.29, 1.82) is 0 Å². The van der Waals surface area contributed by atoms with Gasteiger partial charge in [-0.1, -0.05) is 0 Å². The van der Waals surface area contributed by atoms with E-state index in [1.807, 2.05) is 0 Å². The molecular weight excluding hydrogens is 312 g/mol. The average molecular weight is 326 g/mol. The number of nitrogens with one attached hydrogen (secondary N) is 1. The van der Waals surface area contributed by atoms with Crippen molar-refractivity contribution in [2.24, 2.45) is 0 Å². The molecule has 3 aromatic rings. The summed E-state index contributed by atoms with van der Waals surface area (Å²) < 4.78 is 10.7. The molecule has 0 aliphatic rings. The van der Waals surface area contributed by atoms with E-state index < -0.39 is 4.92 Å². The molecule has 24 heavy (non-hydrogen) atoms. The zero-order valence-corrected chi connectivity index (χ0v) is 12.8. The Morgan fingerprint density at radius 3 is 2.38 bits per heavy atom. The van der Waals surface area contributed by atoms with Crippen molar-refractivity contribution in [3.63, 3.8) is 0 Å². The number of non-ortho nitro benzene ring substituents is 1. The van der Waals surface area contributed by atoms with Gasteiger partial charge in [-0.2, -0.15) is 5.10 Å². The molecule has 3 rings (SSSR count). The average Bonchev–Trinajstić information content (AvgIpc) is 3.09. The fourth-order valence-corrected chi connectivity index (χ4v) is 2.04. The maximum atomic E-state index is 10.7. The molecule has 1 heterocycles. The molecule has 1 N–H and O–H groups in total. The van der Waals surface area contributed by atoms with Gasteiger partial charge in [0.05, 0.1) is 12.0 Å². The number of hydrogen-bond acceptors (Lipinski definition) is 6.